The lowest BCUT2D eigenvalue weighted by molar-refractivity contribution is 0.422. The minimum Gasteiger partial charge on any atom is -0.314 e. The first-order chi connectivity index (χ1) is 7.36. The molecule has 15 heavy (non-hydrogen) atoms. The molecule has 1 N–H and O–H groups in total. The molecular weight excluding hydrogens is 182 g/mol. The highest BCUT2D eigenvalue weighted by atomic mass is 14.9. The smallest absolute Gasteiger partial charge is 0.00671 e. The van der Waals surface area contributed by atoms with Gasteiger partial charge in [-0.25, -0.2) is 0 Å². The molecular formula is C14H29N. The molecule has 0 bridgehead atoms. The van der Waals surface area contributed by atoms with Gasteiger partial charge in [-0.1, -0.05) is 46.0 Å². The topological polar surface area (TPSA) is 12.0 Å². The second kappa shape index (κ2) is 8.15. The van der Waals surface area contributed by atoms with Gasteiger partial charge in [0.2, 0.25) is 0 Å². The molecule has 0 aliphatic heterocycles. The Bertz CT molecular complexity index is 144. The summed E-state index contributed by atoms with van der Waals surface area (Å²) in [6.45, 7) is 5.87. The molecule has 0 aromatic heterocycles. The molecule has 0 saturated heterocycles. The molecule has 0 aromatic carbocycles. The molecule has 1 aliphatic carbocycles. The van der Waals surface area contributed by atoms with E-state index in [4.69, 9.17) is 0 Å². The summed E-state index contributed by atoms with van der Waals surface area (Å²) in [7, 11) is 0. The lowest BCUT2D eigenvalue weighted by Crippen LogP contribution is -2.29. The zero-order valence-corrected chi connectivity index (χ0v) is 10.7. The minimum absolute atomic E-state index is 0.832. The van der Waals surface area contributed by atoms with Crippen LogP contribution in [0.1, 0.15) is 71.6 Å². The quantitative estimate of drug-likeness (QED) is 0.514. The molecule has 1 rings (SSSR count). The number of hydrogen-bond donors (Lipinski definition) is 1. The van der Waals surface area contributed by atoms with Gasteiger partial charge in [0.25, 0.3) is 0 Å². The van der Waals surface area contributed by atoms with Gasteiger partial charge in [-0.3, -0.25) is 0 Å². The largest absolute Gasteiger partial charge is 0.314 e. The van der Waals surface area contributed by atoms with Crippen molar-refractivity contribution in [3.05, 3.63) is 0 Å². The lowest BCUT2D eigenvalue weighted by atomic mass is 9.98. The first-order valence-electron chi connectivity index (χ1n) is 7.10. The van der Waals surface area contributed by atoms with Crippen LogP contribution in [0.5, 0.6) is 0 Å². The maximum Gasteiger partial charge on any atom is 0.00671 e. The first kappa shape index (κ1) is 13.0. The fourth-order valence-corrected chi connectivity index (χ4v) is 2.67. The van der Waals surface area contributed by atoms with Crippen LogP contribution in [0.2, 0.25) is 0 Å². The van der Waals surface area contributed by atoms with E-state index in [0.717, 1.165) is 12.0 Å². The van der Waals surface area contributed by atoms with Crippen LogP contribution in [0.3, 0.4) is 0 Å². The van der Waals surface area contributed by atoms with E-state index < -0.39 is 0 Å². The summed E-state index contributed by atoms with van der Waals surface area (Å²) in [5.41, 5.74) is 0. The van der Waals surface area contributed by atoms with Gasteiger partial charge in [-0.2, -0.15) is 0 Å². The molecule has 1 heteroatoms. The Morgan fingerprint density at radius 2 is 1.87 bits per heavy atom. The zero-order chi connectivity index (χ0) is 10.9. The third-order valence-corrected chi connectivity index (χ3v) is 3.88. The SMILES string of the molecule is CCCCCNC1CCCC(CC)CC1. The van der Waals surface area contributed by atoms with Crippen molar-refractivity contribution in [2.75, 3.05) is 6.54 Å². The number of hydrogen-bond acceptors (Lipinski definition) is 1. The Morgan fingerprint density at radius 3 is 2.60 bits per heavy atom. The van der Waals surface area contributed by atoms with E-state index in [1.807, 2.05) is 0 Å². The summed E-state index contributed by atoms with van der Waals surface area (Å²) in [6, 6.07) is 0.832. The molecule has 1 saturated carbocycles. The van der Waals surface area contributed by atoms with Crippen LogP contribution in [0.25, 0.3) is 0 Å². The van der Waals surface area contributed by atoms with E-state index in [9.17, 15) is 0 Å². The molecule has 2 unspecified atom stereocenters. The van der Waals surface area contributed by atoms with Crippen molar-refractivity contribution >= 4 is 0 Å². The van der Waals surface area contributed by atoms with E-state index in [2.05, 4.69) is 19.2 Å². The Labute approximate surface area is 96.0 Å². The van der Waals surface area contributed by atoms with Gasteiger partial charge < -0.3 is 5.32 Å². The Kier molecular flexibility index (Phi) is 7.08. The van der Waals surface area contributed by atoms with Crippen LogP contribution in [0.15, 0.2) is 0 Å². The van der Waals surface area contributed by atoms with Crippen molar-refractivity contribution in [1.29, 1.82) is 0 Å². The molecule has 1 fully saturated rings. The summed E-state index contributed by atoms with van der Waals surface area (Å²) >= 11 is 0. The molecule has 0 amide bonds. The van der Waals surface area contributed by atoms with Crippen molar-refractivity contribution in [2.24, 2.45) is 5.92 Å². The van der Waals surface area contributed by atoms with Crippen molar-refractivity contribution < 1.29 is 0 Å². The van der Waals surface area contributed by atoms with Crippen molar-refractivity contribution in [1.82, 2.24) is 5.32 Å². The summed E-state index contributed by atoms with van der Waals surface area (Å²) in [5, 5.41) is 3.74. The Hall–Kier alpha value is -0.0400. The van der Waals surface area contributed by atoms with Gasteiger partial charge in [0, 0.05) is 6.04 Å². The summed E-state index contributed by atoms with van der Waals surface area (Å²) < 4.78 is 0. The number of rotatable bonds is 6. The summed E-state index contributed by atoms with van der Waals surface area (Å²) in [4.78, 5) is 0. The summed E-state index contributed by atoms with van der Waals surface area (Å²) in [5.74, 6) is 1.02. The van der Waals surface area contributed by atoms with E-state index in [0.29, 0.717) is 0 Å². The molecule has 90 valence electrons. The van der Waals surface area contributed by atoms with Crippen molar-refractivity contribution in [2.45, 2.75) is 77.7 Å². The monoisotopic (exact) mass is 211 g/mol. The van der Waals surface area contributed by atoms with E-state index in [1.165, 1.54) is 64.3 Å². The standard InChI is InChI=1S/C14H29N/c1-3-5-6-12-15-14-9-7-8-13(4-2)10-11-14/h13-15H,3-12H2,1-2H3. The molecule has 0 radical (unpaired) electrons. The zero-order valence-electron chi connectivity index (χ0n) is 10.7. The van der Waals surface area contributed by atoms with Gasteiger partial charge in [-0.15, -0.1) is 0 Å². The summed E-state index contributed by atoms with van der Waals surface area (Å²) in [6.07, 6.45) is 12.7. The lowest BCUT2D eigenvalue weighted by Gasteiger charge is -2.16. The third-order valence-electron chi connectivity index (χ3n) is 3.88. The predicted octanol–water partition coefficient (Wildman–Crippen LogP) is 4.13. The van der Waals surface area contributed by atoms with Gasteiger partial charge in [0.15, 0.2) is 0 Å². The predicted molar refractivity (Wildman–Crippen MR) is 68.2 cm³/mol. The van der Waals surface area contributed by atoms with Gasteiger partial charge in [-0.05, 0) is 38.1 Å². The van der Waals surface area contributed by atoms with E-state index >= 15 is 0 Å². The average molecular weight is 211 g/mol. The van der Waals surface area contributed by atoms with E-state index in [1.54, 1.807) is 0 Å². The second-order valence-electron chi connectivity index (χ2n) is 5.14. The van der Waals surface area contributed by atoms with Crippen LogP contribution < -0.4 is 5.32 Å². The minimum atomic E-state index is 0.832. The Morgan fingerprint density at radius 1 is 1.00 bits per heavy atom. The van der Waals surface area contributed by atoms with Crippen LogP contribution in [-0.2, 0) is 0 Å². The van der Waals surface area contributed by atoms with E-state index in [-0.39, 0.29) is 0 Å². The van der Waals surface area contributed by atoms with Gasteiger partial charge in [0.1, 0.15) is 0 Å². The van der Waals surface area contributed by atoms with Crippen LogP contribution in [-0.4, -0.2) is 12.6 Å². The number of unbranched alkanes of at least 4 members (excludes halogenated alkanes) is 2. The van der Waals surface area contributed by atoms with Crippen molar-refractivity contribution in [3.8, 4) is 0 Å². The fraction of sp³-hybridized carbons (Fsp3) is 1.00. The molecule has 1 aliphatic rings. The maximum atomic E-state index is 3.74. The van der Waals surface area contributed by atoms with Crippen molar-refractivity contribution in [3.63, 3.8) is 0 Å². The maximum absolute atomic E-state index is 3.74. The second-order valence-corrected chi connectivity index (χ2v) is 5.14. The highest BCUT2D eigenvalue weighted by Crippen LogP contribution is 2.25. The molecule has 0 spiro atoms. The van der Waals surface area contributed by atoms with Gasteiger partial charge in [0.05, 0.1) is 0 Å². The third kappa shape index (κ3) is 5.55. The van der Waals surface area contributed by atoms with Crippen LogP contribution >= 0.6 is 0 Å². The average Bonchev–Trinajstić information content (AvgIpc) is 2.49. The molecule has 0 heterocycles. The fourth-order valence-electron chi connectivity index (χ4n) is 2.67. The Balaban J connectivity index is 2.08. The molecule has 1 nitrogen and oxygen atoms in total. The number of nitrogens with one attached hydrogen (secondary N) is 1. The highest BCUT2D eigenvalue weighted by Gasteiger charge is 2.16. The first-order valence-corrected chi connectivity index (χ1v) is 7.10. The van der Waals surface area contributed by atoms with Crippen LogP contribution in [0, 0.1) is 5.92 Å². The normalized spacial score (nSPS) is 27.6. The highest BCUT2D eigenvalue weighted by molar-refractivity contribution is 4.74. The molecule has 2 atom stereocenters. The van der Waals surface area contributed by atoms with Gasteiger partial charge >= 0.3 is 0 Å². The van der Waals surface area contributed by atoms with Crippen LogP contribution in [0.4, 0.5) is 0 Å². The molecule has 0 aromatic rings.